The summed E-state index contributed by atoms with van der Waals surface area (Å²) in [6, 6.07) is 3.99. The first kappa shape index (κ1) is 8.61. The van der Waals surface area contributed by atoms with E-state index < -0.39 is 17.6 Å². The van der Waals surface area contributed by atoms with Crippen LogP contribution in [-0.2, 0) is 6.67 Å². The highest BCUT2D eigenvalue weighted by atomic mass is 19.1. The van der Waals surface area contributed by atoms with Crippen molar-refractivity contribution in [3.05, 3.63) is 33.9 Å². The standard InChI is InChI=1S/C8H5FN2O3/c9-4-5-2-1-3-6-7(5)14-8(10-6)11(12)13/h1-3H,4H2. The molecule has 0 amide bonds. The van der Waals surface area contributed by atoms with Gasteiger partial charge in [0.25, 0.3) is 0 Å². The molecule has 6 heteroatoms. The van der Waals surface area contributed by atoms with E-state index >= 15 is 0 Å². The monoisotopic (exact) mass is 196 g/mol. The molecular formula is C8H5FN2O3. The molecule has 0 saturated carbocycles. The summed E-state index contributed by atoms with van der Waals surface area (Å²) in [5.41, 5.74) is 0.705. The second-order valence-electron chi connectivity index (χ2n) is 2.65. The predicted molar refractivity (Wildman–Crippen MR) is 45.5 cm³/mol. The van der Waals surface area contributed by atoms with Crippen molar-refractivity contribution in [2.45, 2.75) is 6.67 Å². The van der Waals surface area contributed by atoms with Crippen LogP contribution < -0.4 is 0 Å². The minimum atomic E-state index is -0.748. The number of aromatic nitrogens is 1. The van der Waals surface area contributed by atoms with E-state index in [-0.39, 0.29) is 11.1 Å². The lowest BCUT2D eigenvalue weighted by molar-refractivity contribution is -0.406. The summed E-state index contributed by atoms with van der Waals surface area (Å²) in [5, 5.41) is 10.3. The number of benzene rings is 1. The Balaban J connectivity index is 2.70. The third kappa shape index (κ3) is 1.20. The fraction of sp³-hybridized carbons (Fsp3) is 0.125. The molecule has 0 aliphatic rings. The maximum Gasteiger partial charge on any atom is 0.546 e. The molecule has 2 rings (SSSR count). The van der Waals surface area contributed by atoms with E-state index in [0.29, 0.717) is 5.52 Å². The zero-order valence-corrected chi connectivity index (χ0v) is 6.94. The highest BCUT2D eigenvalue weighted by Gasteiger charge is 2.19. The van der Waals surface area contributed by atoms with Crippen LogP contribution in [0, 0.1) is 10.1 Å². The van der Waals surface area contributed by atoms with E-state index in [1.165, 1.54) is 12.1 Å². The Hall–Kier alpha value is -1.98. The van der Waals surface area contributed by atoms with Gasteiger partial charge in [0.15, 0.2) is 5.58 Å². The second-order valence-corrected chi connectivity index (χ2v) is 2.65. The van der Waals surface area contributed by atoms with Crippen LogP contribution in [0.4, 0.5) is 10.4 Å². The highest BCUT2D eigenvalue weighted by molar-refractivity contribution is 5.77. The van der Waals surface area contributed by atoms with E-state index in [1.54, 1.807) is 6.07 Å². The molecule has 5 nitrogen and oxygen atoms in total. The first-order valence-electron chi connectivity index (χ1n) is 3.81. The molecule has 72 valence electrons. The molecule has 0 aliphatic carbocycles. The van der Waals surface area contributed by atoms with Crippen molar-refractivity contribution in [2.24, 2.45) is 0 Å². The summed E-state index contributed by atoms with van der Waals surface area (Å²) in [4.78, 5) is 13.2. The van der Waals surface area contributed by atoms with Gasteiger partial charge >= 0.3 is 6.01 Å². The molecule has 14 heavy (non-hydrogen) atoms. The Labute approximate surface area is 77.3 Å². The van der Waals surface area contributed by atoms with Crippen LogP contribution in [0.5, 0.6) is 0 Å². The Bertz CT molecular complexity index is 494. The normalized spacial score (nSPS) is 10.6. The van der Waals surface area contributed by atoms with Crippen molar-refractivity contribution in [2.75, 3.05) is 0 Å². The van der Waals surface area contributed by atoms with Gasteiger partial charge in [-0.1, -0.05) is 12.1 Å². The van der Waals surface area contributed by atoms with Gasteiger partial charge in [-0.25, -0.2) is 4.39 Å². The van der Waals surface area contributed by atoms with Crippen molar-refractivity contribution in [1.82, 2.24) is 4.98 Å². The summed E-state index contributed by atoms with van der Waals surface area (Å²) in [6.45, 7) is -0.732. The number of halogens is 1. The average molecular weight is 196 g/mol. The van der Waals surface area contributed by atoms with Gasteiger partial charge < -0.3 is 14.5 Å². The third-order valence-electron chi connectivity index (χ3n) is 1.79. The third-order valence-corrected chi connectivity index (χ3v) is 1.79. The molecule has 1 aromatic heterocycles. The van der Waals surface area contributed by atoms with Crippen LogP contribution in [0.15, 0.2) is 22.6 Å². The lowest BCUT2D eigenvalue weighted by Gasteiger charge is -1.90. The number of nitrogens with zero attached hydrogens (tertiary/aromatic N) is 2. The molecule has 0 aliphatic heterocycles. The van der Waals surface area contributed by atoms with Gasteiger partial charge in [-0.2, -0.15) is 0 Å². The van der Waals surface area contributed by atoms with Crippen molar-refractivity contribution in [1.29, 1.82) is 0 Å². The number of hydrogen-bond acceptors (Lipinski definition) is 4. The zero-order valence-electron chi connectivity index (χ0n) is 6.94. The molecule has 2 aromatic rings. The van der Waals surface area contributed by atoms with Crippen molar-refractivity contribution < 1.29 is 13.7 Å². The van der Waals surface area contributed by atoms with Crippen LogP contribution in [0.3, 0.4) is 0 Å². The van der Waals surface area contributed by atoms with Crippen LogP contribution in [0.2, 0.25) is 0 Å². The molecule has 1 heterocycles. The number of nitro groups is 1. The Morgan fingerprint density at radius 2 is 2.36 bits per heavy atom. The van der Waals surface area contributed by atoms with Crippen LogP contribution >= 0.6 is 0 Å². The van der Waals surface area contributed by atoms with E-state index in [1.807, 2.05) is 0 Å². The number of para-hydroxylation sites is 1. The molecule has 0 fully saturated rings. The number of alkyl halides is 1. The van der Waals surface area contributed by atoms with E-state index in [4.69, 9.17) is 4.42 Å². The van der Waals surface area contributed by atoms with E-state index in [9.17, 15) is 14.5 Å². The molecule has 0 N–H and O–H groups in total. The second kappa shape index (κ2) is 3.06. The summed E-state index contributed by atoms with van der Waals surface area (Å²) in [6.07, 6.45) is 0. The van der Waals surface area contributed by atoms with E-state index in [0.717, 1.165) is 0 Å². The summed E-state index contributed by atoms with van der Waals surface area (Å²) in [5.74, 6) is 0. The predicted octanol–water partition coefficient (Wildman–Crippen LogP) is 2.21. The fourth-order valence-corrected chi connectivity index (χ4v) is 1.18. The number of fused-ring (bicyclic) bond motifs is 1. The lowest BCUT2D eigenvalue weighted by Crippen LogP contribution is -1.85. The van der Waals surface area contributed by atoms with Crippen molar-refractivity contribution in [3.63, 3.8) is 0 Å². The van der Waals surface area contributed by atoms with Gasteiger partial charge in [0.2, 0.25) is 5.52 Å². The van der Waals surface area contributed by atoms with Crippen LogP contribution in [0.25, 0.3) is 11.1 Å². The van der Waals surface area contributed by atoms with Gasteiger partial charge in [-0.15, -0.1) is 0 Å². The molecule has 0 radical (unpaired) electrons. The molecule has 0 unspecified atom stereocenters. The number of rotatable bonds is 2. The van der Waals surface area contributed by atoms with Gasteiger partial charge in [-0.3, -0.25) is 0 Å². The minimum absolute atomic E-state index is 0.140. The Morgan fingerprint density at radius 1 is 1.57 bits per heavy atom. The van der Waals surface area contributed by atoms with Gasteiger partial charge in [-0.05, 0) is 6.07 Å². The van der Waals surface area contributed by atoms with Crippen molar-refractivity contribution in [3.8, 4) is 0 Å². The van der Waals surface area contributed by atoms with Crippen molar-refractivity contribution >= 4 is 17.1 Å². The van der Waals surface area contributed by atoms with Crippen LogP contribution in [-0.4, -0.2) is 9.91 Å². The molecular weight excluding hydrogens is 191 g/mol. The molecule has 1 aromatic carbocycles. The topological polar surface area (TPSA) is 69.2 Å². The molecule has 0 saturated heterocycles. The first-order chi connectivity index (χ1) is 6.72. The quantitative estimate of drug-likeness (QED) is 0.545. The summed E-state index contributed by atoms with van der Waals surface area (Å²) in [7, 11) is 0. The molecule has 0 bridgehead atoms. The molecule has 0 atom stereocenters. The Morgan fingerprint density at radius 3 is 3.00 bits per heavy atom. The summed E-state index contributed by atoms with van der Waals surface area (Å²) >= 11 is 0. The fourth-order valence-electron chi connectivity index (χ4n) is 1.18. The lowest BCUT2D eigenvalue weighted by atomic mass is 10.2. The first-order valence-corrected chi connectivity index (χ1v) is 3.81. The zero-order chi connectivity index (χ0) is 10.1. The van der Waals surface area contributed by atoms with E-state index in [2.05, 4.69) is 4.98 Å². The summed E-state index contributed by atoms with van der Waals surface area (Å²) < 4.78 is 17.2. The maximum absolute atomic E-state index is 12.4. The Kier molecular flexibility index (Phi) is 1.88. The number of hydrogen-bond donors (Lipinski definition) is 0. The largest absolute Gasteiger partial charge is 0.546 e. The number of oxazole rings is 1. The minimum Gasteiger partial charge on any atom is -0.381 e. The molecule has 0 spiro atoms. The highest BCUT2D eigenvalue weighted by Crippen LogP contribution is 2.24. The van der Waals surface area contributed by atoms with Gasteiger partial charge in [0.05, 0.1) is 0 Å². The smallest absolute Gasteiger partial charge is 0.381 e. The van der Waals surface area contributed by atoms with Gasteiger partial charge in [0.1, 0.15) is 6.67 Å². The van der Waals surface area contributed by atoms with Gasteiger partial charge in [0, 0.05) is 15.5 Å². The van der Waals surface area contributed by atoms with Crippen LogP contribution in [0.1, 0.15) is 5.56 Å². The maximum atomic E-state index is 12.4. The SMILES string of the molecule is O=[N+]([O-])c1nc2cccc(CF)c2o1. The average Bonchev–Trinajstić information content (AvgIpc) is 2.60.